The van der Waals surface area contributed by atoms with Gasteiger partial charge in [-0.3, -0.25) is 0 Å². The van der Waals surface area contributed by atoms with Crippen molar-refractivity contribution in [3.63, 3.8) is 0 Å². The molecule has 0 radical (unpaired) electrons. The average Bonchev–Trinajstić information content (AvgIpc) is 3.20. The quantitative estimate of drug-likeness (QED) is 0.129. The van der Waals surface area contributed by atoms with E-state index < -0.39 is 35.0 Å². The van der Waals surface area contributed by atoms with Crippen LogP contribution in [0.5, 0.6) is 0 Å². The first-order valence-corrected chi connectivity index (χ1v) is 27.5. The largest absolute Gasteiger partial charge is 0.308 e. The minimum atomic E-state index is -3.72. The van der Waals surface area contributed by atoms with Crippen LogP contribution in [0.4, 0.5) is 0 Å². The summed E-state index contributed by atoms with van der Waals surface area (Å²) < 4.78 is 33.1. The molecule has 0 fully saturated rings. The highest BCUT2D eigenvalue weighted by Gasteiger charge is 2.43. The highest BCUT2D eigenvalue weighted by atomic mass is 35.9. The molecule has 0 atom stereocenters. The van der Waals surface area contributed by atoms with E-state index in [1.54, 1.807) is 0 Å². The zero-order valence-electron chi connectivity index (χ0n) is 30.4. The highest BCUT2D eigenvalue weighted by molar-refractivity contribution is 8.14. The van der Waals surface area contributed by atoms with Gasteiger partial charge in [0.05, 0.1) is 14.1 Å². The molecule has 276 valence electrons. The molecule has 0 aromatic heterocycles. The van der Waals surface area contributed by atoms with Crippen LogP contribution in [0.3, 0.4) is 0 Å². The Balaban J connectivity index is 1.85. The Kier molecular flexibility index (Phi) is 11.8. The smallest absolute Gasteiger partial charge is 0.246 e. The summed E-state index contributed by atoms with van der Waals surface area (Å²) in [6, 6.07) is 63.1. The maximum Gasteiger partial charge on any atom is 0.308 e. The molecule has 1 aliphatic rings. The lowest BCUT2D eigenvalue weighted by Crippen LogP contribution is -2.26. The fraction of sp³-hybridized carbons (Fsp3) is 0.100. The second-order valence-electron chi connectivity index (χ2n) is 13.0. The Morgan fingerprint density at radius 3 is 0.852 bits per heavy atom. The number of benzene rings is 6. The van der Waals surface area contributed by atoms with E-state index in [2.05, 4.69) is 146 Å². The van der Waals surface area contributed by atoms with Crippen LogP contribution in [-0.4, -0.2) is 37.5 Å². The van der Waals surface area contributed by atoms with Crippen molar-refractivity contribution in [3.8, 4) is 0 Å². The van der Waals surface area contributed by atoms with Crippen LogP contribution in [0, 0.1) is 0 Å². The average molecular weight is 847 g/mol. The summed E-state index contributed by atoms with van der Waals surface area (Å²) in [6.07, 6.45) is 0. The summed E-state index contributed by atoms with van der Waals surface area (Å²) in [5.41, 5.74) is 0. The maximum atomic E-state index is 7.45. The van der Waals surface area contributed by atoms with Crippen LogP contribution in [0.15, 0.2) is 205 Å². The Morgan fingerprint density at radius 1 is 0.389 bits per heavy atom. The zero-order chi connectivity index (χ0) is 37.9. The van der Waals surface area contributed by atoms with Gasteiger partial charge >= 0.3 is 7.51 Å². The first-order chi connectivity index (χ1) is 26.1. The van der Waals surface area contributed by atoms with Crippen molar-refractivity contribution < 1.29 is 0 Å². The molecule has 0 bridgehead atoms. The summed E-state index contributed by atoms with van der Waals surface area (Å²) in [4.78, 5) is 0. The first-order valence-electron chi connectivity index (χ1n) is 17.3. The van der Waals surface area contributed by atoms with E-state index in [1.807, 2.05) is 73.9 Å². The van der Waals surface area contributed by atoms with Gasteiger partial charge < -0.3 is 0 Å². The summed E-state index contributed by atoms with van der Waals surface area (Å²) in [5, 5.41) is 6.33. The van der Waals surface area contributed by atoms with E-state index in [0.717, 1.165) is 31.8 Å². The molecule has 0 amide bonds. The van der Waals surface area contributed by atoms with Gasteiger partial charge in [-0.2, -0.15) is 13.5 Å². The van der Waals surface area contributed by atoms with Crippen LogP contribution >= 0.6 is 57.5 Å². The molecule has 0 N–H and O–H groups in total. The van der Waals surface area contributed by atoms with Gasteiger partial charge in [0.15, 0.2) is 0 Å². The van der Waals surface area contributed by atoms with E-state index in [0.29, 0.717) is 0 Å². The van der Waals surface area contributed by atoms with Crippen molar-refractivity contribution in [3.05, 3.63) is 182 Å². The van der Waals surface area contributed by atoms with Crippen LogP contribution in [-0.2, 0) is 0 Å². The van der Waals surface area contributed by atoms with Gasteiger partial charge in [0.2, 0.25) is 7.51 Å². The van der Waals surface area contributed by atoms with E-state index in [9.17, 15) is 0 Å². The summed E-state index contributed by atoms with van der Waals surface area (Å²) >= 11 is 14.9. The fourth-order valence-corrected chi connectivity index (χ4v) is 31.3. The Bertz CT molecular complexity index is 2150. The lowest BCUT2D eigenvalue weighted by Gasteiger charge is -2.39. The Labute approximate surface area is 329 Å². The number of halogens is 2. The first kappa shape index (κ1) is 39.2. The second-order valence-corrected chi connectivity index (χ2v) is 30.2. The van der Waals surface area contributed by atoms with E-state index in [4.69, 9.17) is 45.1 Å². The third-order valence-electron chi connectivity index (χ3n) is 9.06. The van der Waals surface area contributed by atoms with Gasteiger partial charge in [-0.15, -0.1) is 0 Å². The standard InChI is InChI=1S/C40H42Cl2N7P5/c1-48(2)54(49(3)4)46-52(41,42)45-53(47-54,43-50(35-23-11-5-12-24-35,36-25-13-6-14-26-36)37-27-15-7-16-28-37)44-51(38-29-17-8-18-30-38,39-31-19-9-20-32-39)40-33-21-10-22-34-40/h5-34H,1-4H3. The molecule has 0 saturated heterocycles. The topological polar surface area (TPSA) is 68.3 Å². The van der Waals surface area contributed by atoms with Gasteiger partial charge in [0.25, 0.3) is 5.91 Å². The summed E-state index contributed by atoms with van der Waals surface area (Å²) in [7, 11) is -4.72. The molecule has 0 aliphatic carbocycles. The van der Waals surface area contributed by atoms with Crippen molar-refractivity contribution in [2.24, 2.45) is 22.6 Å². The molecule has 54 heavy (non-hydrogen) atoms. The van der Waals surface area contributed by atoms with Gasteiger partial charge in [-0.25, -0.2) is 18.4 Å². The fourth-order valence-electron chi connectivity index (χ4n) is 6.70. The van der Waals surface area contributed by atoms with Crippen LogP contribution in [0.25, 0.3) is 0 Å². The minimum absolute atomic E-state index is 1.06. The SMILES string of the molecule is CN(C)P1(N(C)C)=NP(Cl)(Cl)=NP(N=P(c2ccccc2)(c2ccccc2)c2ccccc2)(N=P(c2ccccc2)(c2ccccc2)c2ccccc2)=N1. The third kappa shape index (κ3) is 7.45. The van der Waals surface area contributed by atoms with Crippen molar-refractivity contribution >= 4 is 89.3 Å². The lowest BCUT2D eigenvalue weighted by atomic mass is 10.4. The molecule has 7 nitrogen and oxygen atoms in total. The zero-order valence-corrected chi connectivity index (χ0v) is 36.4. The highest BCUT2D eigenvalue weighted by Crippen LogP contribution is 2.86. The van der Waals surface area contributed by atoms with Crippen molar-refractivity contribution in [1.29, 1.82) is 0 Å². The van der Waals surface area contributed by atoms with Crippen molar-refractivity contribution in [2.75, 3.05) is 28.2 Å². The molecule has 1 heterocycles. The molecule has 7 rings (SSSR count). The van der Waals surface area contributed by atoms with E-state index in [1.165, 1.54) is 0 Å². The van der Waals surface area contributed by atoms with Crippen LogP contribution < -0.4 is 31.8 Å². The number of nitrogens with zero attached hydrogens (tertiary/aromatic N) is 7. The normalized spacial score (nSPS) is 16.1. The molecular formula is C40H42Cl2N7P5. The molecule has 6 aromatic rings. The van der Waals surface area contributed by atoms with Crippen molar-refractivity contribution in [2.45, 2.75) is 0 Å². The molecule has 14 heteroatoms. The Hall–Kier alpha value is -3.03. The third-order valence-corrected chi connectivity index (χ3v) is 29.5. The minimum Gasteiger partial charge on any atom is -0.246 e. The second kappa shape index (κ2) is 16.2. The molecule has 6 aromatic carbocycles. The molecule has 1 aliphatic heterocycles. The van der Waals surface area contributed by atoms with E-state index >= 15 is 0 Å². The molecular weight excluding hydrogens is 804 g/mol. The van der Waals surface area contributed by atoms with Crippen LogP contribution in [0.2, 0.25) is 0 Å². The molecule has 0 unspecified atom stereocenters. The molecule has 0 saturated carbocycles. The van der Waals surface area contributed by atoms with Gasteiger partial charge in [0.1, 0.15) is 0 Å². The van der Waals surface area contributed by atoms with Crippen molar-refractivity contribution in [1.82, 2.24) is 9.34 Å². The monoisotopic (exact) mass is 845 g/mol. The Morgan fingerprint density at radius 2 is 0.630 bits per heavy atom. The van der Waals surface area contributed by atoms with Gasteiger partial charge in [0, 0.05) is 31.8 Å². The lowest BCUT2D eigenvalue weighted by molar-refractivity contribution is 0.563. The number of hydrogen-bond acceptors (Lipinski definition) is 7. The van der Waals surface area contributed by atoms with E-state index in [-0.39, 0.29) is 0 Å². The summed E-state index contributed by atoms with van der Waals surface area (Å²) in [5.74, 6) is -3.44. The predicted molar refractivity (Wildman–Crippen MR) is 242 cm³/mol. The maximum absolute atomic E-state index is 7.45. The molecule has 0 spiro atoms. The summed E-state index contributed by atoms with van der Waals surface area (Å²) in [6.45, 7) is 0. The predicted octanol–water partition coefficient (Wildman–Crippen LogP) is 11.8. The van der Waals surface area contributed by atoms with Gasteiger partial charge in [-0.1, -0.05) is 182 Å². The van der Waals surface area contributed by atoms with Gasteiger partial charge in [-0.05, 0) is 50.7 Å². The van der Waals surface area contributed by atoms with Crippen LogP contribution in [0.1, 0.15) is 0 Å². The number of hydrogen-bond donors (Lipinski definition) is 0. The number of rotatable bonds is 10.